The van der Waals surface area contributed by atoms with Crippen LogP contribution in [0.3, 0.4) is 0 Å². The third kappa shape index (κ3) is 4.30. The Labute approximate surface area is 160 Å². The van der Waals surface area contributed by atoms with Gasteiger partial charge in [0.2, 0.25) is 11.8 Å². The second kappa shape index (κ2) is 8.35. The fourth-order valence-corrected chi connectivity index (χ4v) is 4.37. The molecular formula is C20H29N5O2. The predicted molar refractivity (Wildman–Crippen MR) is 105 cm³/mol. The molecule has 7 heteroatoms. The van der Waals surface area contributed by atoms with E-state index in [9.17, 15) is 9.59 Å². The summed E-state index contributed by atoms with van der Waals surface area (Å²) in [7, 11) is 0. The fraction of sp³-hybridized carbons (Fsp3) is 0.650. The number of nitrogens with one attached hydrogen (secondary N) is 1. The van der Waals surface area contributed by atoms with Gasteiger partial charge in [0.15, 0.2) is 0 Å². The Balaban J connectivity index is 1.37. The highest BCUT2D eigenvalue weighted by molar-refractivity contribution is 6.16. The van der Waals surface area contributed by atoms with E-state index in [4.69, 9.17) is 0 Å². The van der Waals surface area contributed by atoms with Gasteiger partial charge in [-0.1, -0.05) is 0 Å². The van der Waals surface area contributed by atoms with Crippen LogP contribution >= 0.6 is 0 Å². The summed E-state index contributed by atoms with van der Waals surface area (Å²) in [5.74, 6) is 0.591. The molecule has 0 radical (unpaired) electrons. The number of piperazine rings is 1. The normalized spacial score (nSPS) is 23.1. The van der Waals surface area contributed by atoms with Crippen LogP contribution in [0.25, 0.3) is 0 Å². The molecule has 0 unspecified atom stereocenters. The molecule has 0 aromatic carbocycles. The number of rotatable bonds is 4. The number of carbonyl (C=O) groups excluding carboxylic acids is 2. The third-order valence-electron chi connectivity index (χ3n) is 5.96. The Morgan fingerprint density at radius 2 is 1.63 bits per heavy atom. The summed E-state index contributed by atoms with van der Waals surface area (Å²) in [5, 5.41) is 3.43. The first-order chi connectivity index (χ1) is 13.2. The number of pyridine rings is 1. The van der Waals surface area contributed by atoms with Crippen molar-refractivity contribution >= 4 is 23.2 Å². The van der Waals surface area contributed by atoms with Gasteiger partial charge in [0, 0.05) is 45.6 Å². The minimum Gasteiger partial charge on any atom is -0.368 e. The van der Waals surface area contributed by atoms with Crippen molar-refractivity contribution in [1.29, 1.82) is 0 Å². The molecule has 0 aliphatic carbocycles. The number of nitrogens with zero attached hydrogens (tertiary/aromatic N) is 4. The Hall–Kier alpha value is -1.99. The summed E-state index contributed by atoms with van der Waals surface area (Å²) < 4.78 is 0. The van der Waals surface area contributed by atoms with Crippen LogP contribution in [0.2, 0.25) is 0 Å². The van der Waals surface area contributed by atoms with Crippen molar-refractivity contribution in [2.45, 2.75) is 32.1 Å². The zero-order valence-electron chi connectivity index (χ0n) is 15.9. The van der Waals surface area contributed by atoms with Crippen molar-refractivity contribution in [2.75, 3.05) is 55.6 Å². The van der Waals surface area contributed by atoms with Crippen molar-refractivity contribution in [3.05, 3.63) is 18.5 Å². The minimum absolute atomic E-state index is 0.114. The molecule has 1 aromatic rings. The van der Waals surface area contributed by atoms with Gasteiger partial charge in [-0.15, -0.1) is 0 Å². The van der Waals surface area contributed by atoms with E-state index < -0.39 is 0 Å². The molecule has 2 amide bonds. The molecule has 3 fully saturated rings. The van der Waals surface area contributed by atoms with E-state index in [1.54, 1.807) is 6.20 Å². The average molecular weight is 371 g/mol. The molecule has 0 spiro atoms. The zero-order valence-corrected chi connectivity index (χ0v) is 15.9. The predicted octanol–water partition coefficient (Wildman–Crippen LogP) is 1.25. The van der Waals surface area contributed by atoms with Crippen LogP contribution in [-0.2, 0) is 9.59 Å². The SMILES string of the molecule is O=C1CCCC(=O)N1c1cncc(N2CCN(CC3CCNCC3)CC2)c1. The second-order valence-electron chi connectivity index (χ2n) is 7.86. The summed E-state index contributed by atoms with van der Waals surface area (Å²) >= 11 is 0. The topological polar surface area (TPSA) is 68.8 Å². The molecule has 4 heterocycles. The van der Waals surface area contributed by atoms with Crippen molar-refractivity contribution < 1.29 is 9.59 Å². The Bertz CT molecular complexity index is 665. The van der Waals surface area contributed by atoms with Crippen molar-refractivity contribution in [3.8, 4) is 0 Å². The molecule has 0 saturated carbocycles. The van der Waals surface area contributed by atoms with E-state index in [2.05, 4.69) is 20.1 Å². The maximum Gasteiger partial charge on any atom is 0.233 e. The number of piperidine rings is 2. The Morgan fingerprint density at radius 3 is 2.33 bits per heavy atom. The van der Waals surface area contributed by atoms with E-state index >= 15 is 0 Å². The van der Waals surface area contributed by atoms with Crippen LogP contribution < -0.4 is 15.1 Å². The molecule has 146 valence electrons. The third-order valence-corrected chi connectivity index (χ3v) is 5.96. The largest absolute Gasteiger partial charge is 0.368 e. The maximum absolute atomic E-state index is 12.2. The number of carbonyl (C=O) groups is 2. The number of hydrogen-bond acceptors (Lipinski definition) is 6. The molecule has 0 bridgehead atoms. The van der Waals surface area contributed by atoms with E-state index in [0.29, 0.717) is 24.9 Å². The van der Waals surface area contributed by atoms with Crippen LogP contribution in [0.4, 0.5) is 11.4 Å². The summed E-state index contributed by atoms with van der Waals surface area (Å²) in [6, 6.07) is 1.94. The van der Waals surface area contributed by atoms with E-state index in [1.807, 2.05) is 12.3 Å². The van der Waals surface area contributed by atoms with Crippen LogP contribution in [-0.4, -0.2) is 67.5 Å². The molecule has 0 atom stereocenters. The monoisotopic (exact) mass is 371 g/mol. The van der Waals surface area contributed by atoms with Crippen molar-refractivity contribution in [1.82, 2.24) is 15.2 Å². The van der Waals surface area contributed by atoms with Gasteiger partial charge in [-0.25, -0.2) is 4.90 Å². The number of imide groups is 1. The van der Waals surface area contributed by atoms with Gasteiger partial charge < -0.3 is 10.2 Å². The van der Waals surface area contributed by atoms with Crippen LogP contribution in [0.15, 0.2) is 18.5 Å². The first-order valence-corrected chi connectivity index (χ1v) is 10.2. The summed E-state index contributed by atoms with van der Waals surface area (Å²) in [6.45, 7) is 7.51. The van der Waals surface area contributed by atoms with Gasteiger partial charge in [0.25, 0.3) is 0 Å². The number of hydrogen-bond donors (Lipinski definition) is 1. The summed E-state index contributed by atoms with van der Waals surface area (Å²) in [5.41, 5.74) is 1.61. The Morgan fingerprint density at radius 1 is 0.963 bits per heavy atom. The number of amides is 2. The highest BCUT2D eigenvalue weighted by Crippen LogP contribution is 2.26. The highest BCUT2D eigenvalue weighted by Gasteiger charge is 2.28. The molecule has 1 aromatic heterocycles. The van der Waals surface area contributed by atoms with Crippen LogP contribution in [0, 0.1) is 5.92 Å². The molecule has 3 saturated heterocycles. The fourth-order valence-electron chi connectivity index (χ4n) is 4.37. The van der Waals surface area contributed by atoms with E-state index in [-0.39, 0.29) is 11.8 Å². The first-order valence-electron chi connectivity index (χ1n) is 10.2. The van der Waals surface area contributed by atoms with Gasteiger partial charge in [-0.2, -0.15) is 0 Å². The van der Waals surface area contributed by atoms with Crippen molar-refractivity contribution in [3.63, 3.8) is 0 Å². The van der Waals surface area contributed by atoms with Crippen LogP contribution in [0.1, 0.15) is 32.1 Å². The molecule has 27 heavy (non-hydrogen) atoms. The van der Waals surface area contributed by atoms with Crippen LogP contribution in [0.5, 0.6) is 0 Å². The zero-order chi connectivity index (χ0) is 18.6. The molecular weight excluding hydrogens is 342 g/mol. The lowest BCUT2D eigenvalue weighted by Crippen LogP contribution is -2.48. The average Bonchev–Trinajstić information content (AvgIpc) is 2.70. The molecule has 1 N–H and O–H groups in total. The van der Waals surface area contributed by atoms with Gasteiger partial charge in [-0.05, 0) is 44.3 Å². The summed E-state index contributed by atoms with van der Waals surface area (Å²) in [4.78, 5) is 34.9. The second-order valence-corrected chi connectivity index (χ2v) is 7.86. The highest BCUT2D eigenvalue weighted by atomic mass is 16.2. The van der Waals surface area contributed by atoms with Gasteiger partial charge in [0.1, 0.15) is 0 Å². The first kappa shape index (κ1) is 18.4. The van der Waals surface area contributed by atoms with Gasteiger partial charge >= 0.3 is 0 Å². The lowest BCUT2D eigenvalue weighted by atomic mass is 9.97. The lowest BCUT2D eigenvalue weighted by molar-refractivity contribution is -0.129. The molecule has 4 rings (SSSR count). The molecule has 3 aliphatic rings. The molecule has 3 aliphatic heterocycles. The smallest absolute Gasteiger partial charge is 0.233 e. The number of aromatic nitrogens is 1. The lowest BCUT2D eigenvalue weighted by Gasteiger charge is -2.38. The van der Waals surface area contributed by atoms with E-state index in [0.717, 1.165) is 50.9 Å². The Kier molecular flexibility index (Phi) is 5.69. The van der Waals surface area contributed by atoms with Gasteiger partial charge in [0.05, 0.1) is 23.8 Å². The minimum atomic E-state index is -0.114. The van der Waals surface area contributed by atoms with Gasteiger partial charge in [-0.3, -0.25) is 19.5 Å². The molecule has 7 nitrogen and oxygen atoms in total. The summed E-state index contributed by atoms with van der Waals surface area (Å²) in [6.07, 6.45) is 7.55. The number of anilines is 2. The maximum atomic E-state index is 12.2. The van der Waals surface area contributed by atoms with Crippen molar-refractivity contribution in [2.24, 2.45) is 5.92 Å². The quantitative estimate of drug-likeness (QED) is 0.804. The van der Waals surface area contributed by atoms with E-state index in [1.165, 1.54) is 24.3 Å². The standard InChI is InChI=1S/C20H29N5O2/c26-19-2-1-3-20(27)25(19)18-12-17(13-22-14-18)24-10-8-23(9-11-24)15-16-4-6-21-7-5-16/h12-14,16,21H,1-11,15H2.